The van der Waals surface area contributed by atoms with Crippen molar-refractivity contribution >= 4 is 6.08 Å². The summed E-state index contributed by atoms with van der Waals surface area (Å²) in [4.78, 5) is 0. The fourth-order valence-electron chi connectivity index (χ4n) is 0.911. The molecule has 0 radical (unpaired) electrons. The first-order valence-electron chi connectivity index (χ1n) is 3.72. The average molecular weight is 154 g/mol. The highest BCUT2D eigenvalue weighted by Gasteiger charge is 1.87. The van der Waals surface area contributed by atoms with E-state index in [0.29, 0.717) is 0 Å². The summed E-state index contributed by atoms with van der Waals surface area (Å²) in [6.45, 7) is 3.59. The van der Waals surface area contributed by atoms with Gasteiger partial charge in [0.2, 0.25) is 0 Å². The van der Waals surface area contributed by atoms with Crippen LogP contribution in [0, 0.1) is 12.3 Å². The van der Waals surface area contributed by atoms with E-state index >= 15 is 0 Å². The highest BCUT2D eigenvalue weighted by molar-refractivity contribution is 5.53. The zero-order chi connectivity index (χ0) is 8.81. The summed E-state index contributed by atoms with van der Waals surface area (Å²) in [5.74, 6) is 2.58. The second kappa shape index (κ2) is 4.20. The van der Waals surface area contributed by atoms with Crippen LogP contribution in [0.25, 0.3) is 6.08 Å². The van der Waals surface area contributed by atoms with Crippen LogP contribution < -0.4 is 0 Å². The van der Waals surface area contributed by atoms with Gasteiger partial charge in [0.25, 0.3) is 0 Å². The van der Waals surface area contributed by atoms with Crippen molar-refractivity contribution in [2.24, 2.45) is 0 Å². The van der Waals surface area contributed by atoms with Crippen molar-refractivity contribution in [2.75, 3.05) is 0 Å². The molecule has 1 aromatic rings. The van der Waals surface area contributed by atoms with E-state index in [2.05, 4.69) is 12.5 Å². The van der Waals surface area contributed by atoms with E-state index in [4.69, 9.17) is 6.42 Å². The molecule has 0 unspecified atom stereocenters. The van der Waals surface area contributed by atoms with Crippen molar-refractivity contribution in [1.82, 2.24) is 0 Å². The molecule has 58 valence electrons. The Bertz CT molecular complexity index is 337. The Morgan fingerprint density at radius 3 is 2.92 bits per heavy atom. The predicted molar refractivity (Wildman–Crippen MR) is 53.6 cm³/mol. The molecule has 12 heavy (non-hydrogen) atoms. The third-order valence-electron chi connectivity index (χ3n) is 1.48. The molecule has 0 aliphatic heterocycles. The van der Waals surface area contributed by atoms with Gasteiger partial charge in [-0.15, -0.1) is 6.42 Å². The third kappa shape index (κ3) is 2.14. The van der Waals surface area contributed by atoms with E-state index in [9.17, 15) is 0 Å². The zero-order valence-corrected chi connectivity index (χ0v) is 6.83. The summed E-state index contributed by atoms with van der Waals surface area (Å²) < 4.78 is 0. The van der Waals surface area contributed by atoms with Crippen LogP contribution in [-0.2, 0) is 0 Å². The van der Waals surface area contributed by atoms with Gasteiger partial charge >= 0.3 is 0 Å². The lowest BCUT2D eigenvalue weighted by molar-refractivity contribution is 1.61. The SMILES string of the molecule is C#Cc1cccc(C=CC=C)c1. The van der Waals surface area contributed by atoms with Crippen LogP contribution in [0.1, 0.15) is 11.1 Å². The van der Waals surface area contributed by atoms with Gasteiger partial charge in [0, 0.05) is 5.56 Å². The standard InChI is InChI=1S/C12H10/c1-3-5-7-12-9-6-8-11(4-2)10-12/h2-3,5-10H,1H2. The number of allylic oxidation sites excluding steroid dienone is 2. The monoisotopic (exact) mass is 154 g/mol. The summed E-state index contributed by atoms with van der Waals surface area (Å²) >= 11 is 0. The Hall–Kier alpha value is -1.74. The lowest BCUT2D eigenvalue weighted by Crippen LogP contribution is -1.75. The number of hydrogen-bond donors (Lipinski definition) is 0. The van der Waals surface area contributed by atoms with Gasteiger partial charge in [0.1, 0.15) is 0 Å². The topological polar surface area (TPSA) is 0 Å². The molecule has 0 aromatic heterocycles. The molecule has 0 N–H and O–H groups in total. The van der Waals surface area contributed by atoms with Crippen molar-refractivity contribution < 1.29 is 0 Å². The smallest absolute Gasteiger partial charge is 0.0248 e. The maximum Gasteiger partial charge on any atom is 0.0248 e. The Balaban J connectivity index is 2.95. The number of terminal acetylenes is 1. The minimum absolute atomic E-state index is 0.904. The van der Waals surface area contributed by atoms with E-state index < -0.39 is 0 Å². The van der Waals surface area contributed by atoms with Crippen LogP contribution >= 0.6 is 0 Å². The molecule has 1 aromatic carbocycles. The molecule has 0 saturated heterocycles. The zero-order valence-electron chi connectivity index (χ0n) is 6.83. The molecule has 0 saturated carbocycles. The van der Waals surface area contributed by atoms with E-state index in [0.717, 1.165) is 11.1 Å². The Kier molecular flexibility index (Phi) is 2.93. The van der Waals surface area contributed by atoms with Gasteiger partial charge in [-0.1, -0.05) is 42.9 Å². The Morgan fingerprint density at radius 1 is 1.42 bits per heavy atom. The first-order chi connectivity index (χ1) is 5.86. The van der Waals surface area contributed by atoms with E-state index in [1.165, 1.54) is 0 Å². The first kappa shape index (κ1) is 8.36. The molecule has 0 amide bonds. The maximum atomic E-state index is 5.25. The van der Waals surface area contributed by atoms with Crippen molar-refractivity contribution in [3.05, 3.63) is 54.1 Å². The van der Waals surface area contributed by atoms with Crippen LogP contribution in [0.3, 0.4) is 0 Å². The highest BCUT2D eigenvalue weighted by atomic mass is 13.9. The Morgan fingerprint density at radius 2 is 2.25 bits per heavy atom. The van der Waals surface area contributed by atoms with Gasteiger partial charge in [0.05, 0.1) is 0 Å². The molecule has 0 fully saturated rings. The van der Waals surface area contributed by atoms with Gasteiger partial charge in [0.15, 0.2) is 0 Å². The van der Waals surface area contributed by atoms with Gasteiger partial charge < -0.3 is 0 Å². The summed E-state index contributed by atoms with van der Waals surface area (Å²) in [7, 11) is 0. The third-order valence-corrected chi connectivity index (χ3v) is 1.48. The van der Waals surface area contributed by atoms with Crippen LogP contribution in [0.5, 0.6) is 0 Å². The first-order valence-corrected chi connectivity index (χ1v) is 3.72. The quantitative estimate of drug-likeness (QED) is 0.454. The molecule has 0 spiro atoms. The molecule has 0 aliphatic rings. The van der Waals surface area contributed by atoms with Gasteiger partial charge in [-0.05, 0) is 17.7 Å². The van der Waals surface area contributed by atoms with Crippen molar-refractivity contribution in [1.29, 1.82) is 0 Å². The minimum Gasteiger partial charge on any atom is -0.115 e. The number of rotatable bonds is 2. The second-order valence-electron chi connectivity index (χ2n) is 2.36. The van der Waals surface area contributed by atoms with E-state index in [1.54, 1.807) is 6.08 Å². The maximum absolute atomic E-state index is 5.25. The molecular weight excluding hydrogens is 144 g/mol. The van der Waals surface area contributed by atoms with Crippen molar-refractivity contribution in [3.8, 4) is 12.3 Å². The molecule has 0 bridgehead atoms. The van der Waals surface area contributed by atoms with Crippen LogP contribution in [-0.4, -0.2) is 0 Å². The van der Waals surface area contributed by atoms with Gasteiger partial charge in [-0.25, -0.2) is 0 Å². The lowest BCUT2D eigenvalue weighted by atomic mass is 10.1. The van der Waals surface area contributed by atoms with Crippen LogP contribution in [0.2, 0.25) is 0 Å². The summed E-state index contributed by atoms with van der Waals surface area (Å²) in [6, 6.07) is 7.81. The summed E-state index contributed by atoms with van der Waals surface area (Å²) in [5.41, 5.74) is 2.01. The molecule has 0 atom stereocenters. The molecule has 0 heteroatoms. The second-order valence-corrected chi connectivity index (χ2v) is 2.36. The number of benzene rings is 1. The molecule has 1 rings (SSSR count). The highest BCUT2D eigenvalue weighted by Crippen LogP contribution is 2.05. The average Bonchev–Trinajstić information content (AvgIpc) is 2.15. The molecule has 0 aliphatic carbocycles. The molecule has 0 nitrogen and oxygen atoms in total. The minimum atomic E-state index is 0.904. The summed E-state index contributed by atoms with van der Waals surface area (Å²) in [5, 5.41) is 0. The normalized spacial score (nSPS) is 9.58. The van der Waals surface area contributed by atoms with Gasteiger partial charge in [-0.2, -0.15) is 0 Å². The lowest BCUT2D eigenvalue weighted by Gasteiger charge is -1.92. The largest absolute Gasteiger partial charge is 0.115 e. The summed E-state index contributed by atoms with van der Waals surface area (Å²) in [6.07, 6.45) is 10.8. The fraction of sp³-hybridized carbons (Fsp3) is 0. The van der Waals surface area contributed by atoms with E-state index in [1.807, 2.05) is 36.4 Å². The van der Waals surface area contributed by atoms with E-state index in [-0.39, 0.29) is 0 Å². The molecule has 0 heterocycles. The molecular formula is C12H10. The van der Waals surface area contributed by atoms with Crippen molar-refractivity contribution in [3.63, 3.8) is 0 Å². The van der Waals surface area contributed by atoms with Gasteiger partial charge in [-0.3, -0.25) is 0 Å². The van der Waals surface area contributed by atoms with Crippen molar-refractivity contribution in [2.45, 2.75) is 0 Å². The fourth-order valence-corrected chi connectivity index (χ4v) is 0.911. The predicted octanol–water partition coefficient (Wildman–Crippen LogP) is 2.87. The van der Waals surface area contributed by atoms with Crippen LogP contribution in [0.15, 0.2) is 43.0 Å². The number of hydrogen-bond acceptors (Lipinski definition) is 0. The van der Waals surface area contributed by atoms with Crippen LogP contribution in [0.4, 0.5) is 0 Å². The Labute approximate surface area is 73.2 Å².